The molecule has 1 aliphatic rings. The van der Waals surface area contributed by atoms with Crippen LogP contribution in [-0.2, 0) is 0 Å². The van der Waals surface area contributed by atoms with Crippen LogP contribution in [0, 0.1) is 0 Å². The number of carbonyl (C=O) groups excluding carboxylic acids is 1. The van der Waals surface area contributed by atoms with Crippen molar-refractivity contribution in [3.63, 3.8) is 0 Å². The molecular weight excluding hydrogens is 324 g/mol. The van der Waals surface area contributed by atoms with Gasteiger partial charge in [-0.25, -0.2) is 0 Å². The van der Waals surface area contributed by atoms with Crippen LogP contribution in [0.15, 0.2) is 16.6 Å². The molecule has 1 atom stereocenters. The molecule has 110 valence electrons. The van der Waals surface area contributed by atoms with Gasteiger partial charge in [-0.1, -0.05) is 0 Å². The fourth-order valence-electron chi connectivity index (χ4n) is 2.25. The van der Waals surface area contributed by atoms with Gasteiger partial charge in [0.05, 0.1) is 14.2 Å². The van der Waals surface area contributed by atoms with Gasteiger partial charge < -0.3 is 20.1 Å². The van der Waals surface area contributed by atoms with Gasteiger partial charge in [0.25, 0.3) is 5.91 Å². The summed E-state index contributed by atoms with van der Waals surface area (Å²) < 4.78 is 11.2. The highest BCUT2D eigenvalue weighted by Gasteiger charge is 2.17. The predicted molar refractivity (Wildman–Crippen MR) is 80.6 cm³/mol. The lowest BCUT2D eigenvalue weighted by molar-refractivity contribution is 0.0949. The molecule has 1 unspecified atom stereocenters. The minimum Gasteiger partial charge on any atom is -0.495 e. The van der Waals surface area contributed by atoms with E-state index < -0.39 is 0 Å². The first-order valence-corrected chi connectivity index (χ1v) is 7.38. The van der Waals surface area contributed by atoms with Gasteiger partial charge in [-0.15, -0.1) is 0 Å². The summed E-state index contributed by atoms with van der Waals surface area (Å²) in [6.45, 7) is 1.67. The highest BCUT2D eigenvalue weighted by Crippen LogP contribution is 2.35. The average molecular weight is 343 g/mol. The summed E-state index contributed by atoms with van der Waals surface area (Å²) >= 11 is 3.39. The maximum Gasteiger partial charge on any atom is 0.251 e. The second-order valence-corrected chi connectivity index (χ2v) is 5.49. The van der Waals surface area contributed by atoms with Crippen LogP contribution in [0.2, 0.25) is 0 Å². The van der Waals surface area contributed by atoms with Crippen molar-refractivity contribution in [1.82, 2.24) is 10.6 Å². The van der Waals surface area contributed by atoms with Crippen molar-refractivity contribution in [1.29, 1.82) is 0 Å². The minimum absolute atomic E-state index is 0.122. The summed E-state index contributed by atoms with van der Waals surface area (Å²) in [5.41, 5.74) is 0.528. The van der Waals surface area contributed by atoms with Gasteiger partial charge in [-0.05, 0) is 47.4 Å². The van der Waals surface area contributed by atoms with Crippen LogP contribution in [-0.4, -0.2) is 39.3 Å². The van der Waals surface area contributed by atoms with Gasteiger partial charge in [-0.2, -0.15) is 0 Å². The Kier molecular flexibility index (Phi) is 5.25. The van der Waals surface area contributed by atoms with Gasteiger partial charge in [0, 0.05) is 18.2 Å². The molecule has 2 N–H and O–H groups in total. The zero-order chi connectivity index (χ0) is 14.5. The van der Waals surface area contributed by atoms with Crippen LogP contribution in [0.1, 0.15) is 23.2 Å². The Morgan fingerprint density at radius 3 is 2.55 bits per heavy atom. The molecule has 0 spiro atoms. The molecule has 1 aromatic carbocycles. The average Bonchev–Trinajstić information content (AvgIpc) is 2.98. The molecule has 0 radical (unpaired) electrons. The van der Waals surface area contributed by atoms with E-state index in [9.17, 15) is 4.79 Å². The molecule has 1 fully saturated rings. The van der Waals surface area contributed by atoms with Crippen LogP contribution < -0.4 is 20.1 Å². The lowest BCUT2D eigenvalue weighted by Gasteiger charge is -2.14. The third-order valence-electron chi connectivity index (χ3n) is 3.38. The molecule has 1 amide bonds. The first-order valence-electron chi connectivity index (χ1n) is 6.58. The van der Waals surface area contributed by atoms with Crippen molar-refractivity contribution in [2.75, 3.05) is 27.3 Å². The largest absolute Gasteiger partial charge is 0.495 e. The molecule has 1 aliphatic heterocycles. The van der Waals surface area contributed by atoms with Crippen molar-refractivity contribution in [2.45, 2.75) is 18.9 Å². The molecule has 0 saturated carbocycles. The van der Waals surface area contributed by atoms with Crippen LogP contribution in [0.3, 0.4) is 0 Å². The lowest BCUT2D eigenvalue weighted by Crippen LogP contribution is -2.37. The molecule has 0 aromatic heterocycles. The van der Waals surface area contributed by atoms with Crippen molar-refractivity contribution < 1.29 is 14.3 Å². The Balaban J connectivity index is 2.08. The van der Waals surface area contributed by atoms with E-state index in [0.29, 0.717) is 34.1 Å². The van der Waals surface area contributed by atoms with Crippen molar-refractivity contribution in [3.05, 3.63) is 22.2 Å². The number of benzene rings is 1. The number of carbonyl (C=O) groups is 1. The van der Waals surface area contributed by atoms with E-state index >= 15 is 0 Å². The maximum atomic E-state index is 12.2. The van der Waals surface area contributed by atoms with E-state index in [1.165, 1.54) is 6.42 Å². The highest BCUT2D eigenvalue weighted by atomic mass is 79.9. The first kappa shape index (κ1) is 15.1. The smallest absolute Gasteiger partial charge is 0.251 e. The van der Waals surface area contributed by atoms with Crippen LogP contribution in [0.25, 0.3) is 0 Å². The SMILES string of the molecule is COc1cc(C(=O)NCC2CCCN2)cc(OC)c1Br. The van der Waals surface area contributed by atoms with Gasteiger partial charge in [0.1, 0.15) is 16.0 Å². The minimum atomic E-state index is -0.122. The van der Waals surface area contributed by atoms with E-state index in [2.05, 4.69) is 26.6 Å². The lowest BCUT2D eigenvalue weighted by atomic mass is 10.1. The fourth-order valence-corrected chi connectivity index (χ4v) is 2.80. The molecule has 0 aliphatic carbocycles. The second-order valence-electron chi connectivity index (χ2n) is 4.70. The number of hydrogen-bond acceptors (Lipinski definition) is 4. The Morgan fingerprint density at radius 1 is 1.40 bits per heavy atom. The zero-order valence-electron chi connectivity index (χ0n) is 11.7. The number of amides is 1. The summed E-state index contributed by atoms with van der Waals surface area (Å²) in [5.74, 6) is 1.03. The Hall–Kier alpha value is -1.27. The van der Waals surface area contributed by atoms with E-state index in [4.69, 9.17) is 9.47 Å². The topological polar surface area (TPSA) is 59.6 Å². The highest BCUT2D eigenvalue weighted by molar-refractivity contribution is 9.10. The van der Waals surface area contributed by atoms with Gasteiger partial charge in [-0.3, -0.25) is 4.79 Å². The number of ether oxygens (including phenoxy) is 2. The molecule has 0 bridgehead atoms. The number of methoxy groups -OCH3 is 2. The number of halogens is 1. The molecule has 1 saturated heterocycles. The van der Waals surface area contributed by atoms with E-state index in [0.717, 1.165) is 13.0 Å². The summed E-state index contributed by atoms with van der Waals surface area (Å²) in [6.07, 6.45) is 2.27. The van der Waals surface area contributed by atoms with E-state index in [1.54, 1.807) is 26.4 Å². The van der Waals surface area contributed by atoms with Gasteiger partial charge >= 0.3 is 0 Å². The van der Waals surface area contributed by atoms with Crippen molar-refractivity contribution >= 4 is 21.8 Å². The number of rotatable bonds is 5. The molecule has 5 nitrogen and oxygen atoms in total. The molecular formula is C14H19BrN2O3. The molecule has 1 aromatic rings. The van der Waals surface area contributed by atoms with Gasteiger partial charge in [0.2, 0.25) is 0 Å². The monoisotopic (exact) mass is 342 g/mol. The van der Waals surface area contributed by atoms with Crippen molar-refractivity contribution in [3.8, 4) is 11.5 Å². The zero-order valence-corrected chi connectivity index (χ0v) is 13.2. The summed E-state index contributed by atoms with van der Waals surface area (Å²) in [5, 5.41) is 6.28. The third kappa shape index (κ3) is 3.43. The Bertz CT molecular complexity index is 462. The van der Waals surface area contributed by atoms with Crippen LogP contribution in [0.4, 0.5) is 0 Å². The summed E-state index contributed by atoms with van der Waals surface area (Å²) in [6, 6.07) is 3.77. The van der Waals surface area contributed by atoms with E-state index in [-0.39, 0.29) is 5.91 Å². The number of nitrogens with one attached hydrogen (secondary N) is 2. The molecule has 2 rings (SSSR count). The molecule has 20 heavy (non-hydrogen) atoms. The summed E-state index contributed by atoms with van der Waals surface area (Å²) in [4.78, 5) is 12.2. The van der Waals surface area contributed by atoms with Crippen LogP contribution >= 0.6 is 15.9 Å². The van der Waals surface area contributed by atoms with E-state index in [1.807, 2.05) is 0 Å². The third-order valence-corrected chi connectivity index (χ3v) is 4.16. The quantitative estimate of drug-likeness (QED) is 0.858. The fraction of sp³-hybridized carbons (Fsp3) is 0.500. The standard InChI is InChI=1S/C14H19BrN2O3/c1-19-11-6-9(7-12(20-2)13(11)15)14(18)17-8-10-4-3-5-16-10/h6-7,10,16H,3-5,8H2,1-2H3,(H,17,18). The Labute approximate surface area is 127 Å². The molecule has 1 heterocycles. The van der Waals surface area contributed by atoms with Gasteiger partial charge in [0.15, 0.2) is 0 Å². The van der Waals surface area contributed by atoms with Crippen molar-refractivity contribution in [2.24, 2.45) is 0 Å². The molecule has 6 heteroatoms. The number of hydrogen-bond donors (Lipinski definition) is 2. The second kappa shape index (κ2) is 6.95. The first-order chi connectivity index (χ1) is 9.65. The summed E-state index contributed by atoms with van der Waals surface area (Å²) in [7, 11) is 3.12. The Morgan fingerprint density at radius 2 is 2.05 bits per heavy atom. The normalized spacial score (nSPS) is 17.9. The maximum absolute atomic E-state index is 12.2. The predicted octanol–water partition coefficient (Wildman–Crippen LogP) is 1.95. The van der Waals surface area contributed by atoms with Crippen LogP contribution in [0.5, 0.6) is 11.5 Å².